The summed E-state index contributed by atoms with van der Waals surface area (Å²) in [6, 6.07) is 2.32. The van der Waals surface area contributed by atoms with Crippen LogP contribution in [0.2, 0.25) is 0 Å². The highest BCUT2D eigenvalue weighted by molar-refractivity contribution is 7.91. The largest absolute Gasteiger partial charge is 0.383 e. The van der Waals surface area contributed by atoms with Crippen LogP contribution in [-0.2, 0) is 19.6 Å². The van der Waals surface area contributed by atoms with Gasteiger partial charge in [-0.05, 0) is 18.4 Å². The highest BCUT2D eigenvalue weighted by Crippen LogP contribution is 2.15. The van der Waals surface area contributed by atoms with Gasteiger partial charge < -0.3 is 15.4 Å². The predicted octanol–water partition coefficient (Wildman–Crippen LogP) is 0.189. The van der Waals surface area contributed by atoms with E-state index in [0.29, 0.717) is 26.2 Å². The Morgan fingerprint density at radius 3 is 2.68 bits per heavy atom. The van der Waals surface area contributed by atoms with Crippen molar-refractivity contribution in [3.63, 3.8) is 0 Å². The molecule has 10 heteroatoms. The minimum Gasteiger partial charge on any atom is -0.383 e. The van der Waals surface area contributed by atoms with Gasteiger partial charge in [-0.3, -0.25) is 4.79 Å². The second-order valence-corrected chi connectivity index (χ2v) is 7.20. The zero-order chi connectivity index (χ0) is 15.7. The molecule has 0 fully saturated rings. The van der Waals surface area contributed by atoms with E-state index < -0.39 is 16.1 Å². The first kappa shape index (κ1) is 21.3. The molecule has 1 atom stereocenters. The number of halogens is 1. The van der Waals surface area contributed by atoms with Gasteiger partial charge in [-0.1, -0.05) is 6.07 Å². The maximum absolute atomic E-state index is 11.9. The molecule has 7 nitrogen and oxygen atoms in total. The monoisotopic (exact) mass is 371 g/mol. The molecule has 0 bridgehead atoms. The number of nitrogens with one attached hydrogen (secondary N) is 3. The molecular formula is C12H22ClN3O4S2. The van der Waals surface area contributed by atoms with Crippen molar-refractivity contribution in [1.29, 1.82) is 0 Å². The first-order chi connectivity index (χ1) is 9.97. The van der Waals surface area contributed by atoms with Crippen LogP contribution in [-0.4, -0.2) is 53.7 Å². The summed E-state index contributed by atoms with van der Waals surface area (Å²) in [5.41, 5.74) is 0. The van der Waals surface area contributed by atoms with Gasteiger partial charge in [-0.25, -0.2) is 8.42 Å². The third kappa shape index (κ3) is 7.52. The second-order valence-electron chi connectivity index (χ2n) is 4.31. The molecule has 1 amide bonds. The lowest BCUT2D eigenvalue weighted by atomic mass is 10.3. The number of hydrogen-bond acceptors (Lipinski definition) is 6. The normalized spacial score (nSPS) is 12.5. The Labute approximate surface area is 141 Å². The van der Waals surface area contributed by atoms with Gasteiger partial charge in [0, 0.05) is 26.7 Å². The van der Waals surface area contributed by atoms with Crippen molar-refractivity contribution >= 4 is 39.7 Å². The molecule has 0 aliphatic rings. The number of sulfonamides is 1. The van der Waals surface area contributed by atoms with Crippen LogP contribution in [0.3, 0.4) is 0 Å². The van der Waals surface area contributed by atoms with E-state index in [9.17, 15) is 13.2 Å². The number of thiophene rings is 1. The van der Waals surface area contributed by atoms with E-state index in [0.717, 1.165) is 11.3 Å². The number of hydrogen-bond donors (Lipinski definition) is 3. The van der Waals surface area contributed by atoms with E-state index in [1.165, 1.54) is 13.0 Å². The van der Waals surface area contributed by atoms with Gasteiger partial charge >= 0.3 is 0 Å². The Bertz CT molecular complexity index is 522. The summed E-state index contributed by atoms with van der Waals surface area (Å²) in [6.45, 7) is 3.84. The number of amides is 1. The Morgan fingerprint density at radius 1 is 1.36 bits per heavy atom. The quantitative estimate of drug-likeness (QED) is 0.510. The van der Waals surface area contributed by atoms with Crippen LogP contribution < -0.4 is 15.4 Å². The van der Waals surface area contributed by atoms with Gasteiger partial charge in [-0.15, -0.1) is 23.7 Å². The highest BCUT2D eigenvalue weighted by atomic mass is 35.5. The zero-order valence-electron chi connectivity index (χ0n) is 12.5. The van der Waals surface area contributed by atoms with E-state index >= 15 is 0 Å². The molecule has 1 aromatic rings. The summed E-state index contributed by atoms with van der Waals surface area (Å²) in [5.74, 6) is -0.358. The van der Waals surface area contributed by atoms with Gasteiger partial charge in [0.25, 0.3) is 10.0 Å². The Morgan fingerprint density at radius 2 is 2.09 bits per heavy atom. The Balaban J connectivity index is 0.00000441. The third-order valence-corrected chi connectivity index (χ3v) is 5.51. The van der Waals surface area contributed by atoms with Crippen molar-refractivity contribution in [2.75, 3.05) is 33.4 Å². The van der Waals surface area contributed by atoms with Crippen LogP contribution in [0.1, 0.15) is 6.92 Å². The second kappa shape index (κ2) is 10.9. The SMILES string of the molecule is COCCNCCNC(=O)C(C)NS(=O)(=O)c1cccs1.Cl. The molecule has 1 aromatic heterocycles. The predicted molar refractivity (Wildman–Crippen MR) is 89.1 cm³/mol. The van der Waals surface area contributed by atoms with Gasteiger partial charge in [-0.2, -0.15) is 4.72 Å². The van der Waals surface area contributed by atoms with Gasteiger partial charge in [0.05, 0.1) is 12.6 Å². The van der Waals surface area contributed by atoms with E-state index in [4.69, 9.17) is 4.74 Å². The number of rotatable bonds is 10. The van der Waals surface area contributed by atoms with Crippen molar-refractivity contribution < 1.29 is 17.9 Å². The minimum atomic E-state index is -3.63. The summed E-state index contributed by atoms with van der Waals surface area (Å²) in [7, 11) is -2.01. The molecule has 0 aliphatic carbocycles. The van der Waals surface area contributed by atoms with Gasteiger partial charge in [0.1, 0.15) is 4.21 Å². The summed E-state index contributed by atoms with van der Waals surface area (Å²) < 4.78 is 31.3. The fourth-order valence-electron chi connectivity index (χ4n) is 1.49. The highest BCUT2D eigenvalue weighted by Gasteiger charge is 2.22. The van der Waals surface area contributed by atoms with Crippen LogP contribution in [0.5, 0.6) is 0 Å². The Kier molecular flexibility index (Phi) is 10.6. The molecule has 1 rings (SSSR count). The third-order valence-electron chi connectivity index (χ3n) is 2.57. The molecule has 0 spiro atoms. The molecule has 0 radical (unpaired) electrons. The van der Waals surface area contributed by atoms with Crippen molar-refractivity contribution in [2.24, 2.45) is 0 Å². The maximum atomic E-state index is 11.9. The van der Waals surface area contributed by atoms with Crippen LogP contribution in [0.25, 0.3) is 0 Å². The van der Waals surface area contributed by atoms with Crippen LogP contribution >= 0.6 is 23.7 Å². The molecule has 0 aromatic carbocycles. The van der Waals surface area contributed by atoms with Crippen molar-refractivity contribution in [3.8, 4) is 0 Å². The zero-order valence-corrected chi connectivity index (χ0v) is 14.9. The lowest BCUT2D eigenvalue weighted by Crippen LogP contribution is -2.46. The molecular weight excluding hydrogens is 350 g/mol. The number of carbonyl (C=O) groups excluding carboxylic acids is 1. The molecule has 22 heavy (non-hydrogen) atoms. The van der Waals surface area contributed by atoms with E-state index in [1.54, 1.807) is 18.6 Å². The average molecular weight is 372 g/mol. The molecule has 1 heterocycles. The molecule has 3 N–H and O–H groups in total. The lowest BCUT2D eigenvalue weighted by molar-refractivity contribution is -0.122. The fraction of sp³-hybridized carbons (Fsp3) is 0.583. The van der Waals surface area contributed by atoms with Gasteiger partial charge in [0.2, 0.25) is 5.91 Å². The minimum absolute atomic E-state index is 0. The topological polar surface area (TPSA) is 96.5 Å². The molecule has 0 saturated heterocycles. The average Bonchev–Trinajstić information content (AvgIpc) is 2.96. The van der Waals surface area contributed by atoms with Crippen molar-refractivity contribution in [2.45, 2.75) is 17.2 Å². The number of carbonyl (C=O) groups is 1. The van der Waals surface area contributed by atoms with Crippen LogP contribution in [0.4, 0.5) is 0 Å². The summed E-state index contributed by atoms with van der Waals surface area (Å²) in [4.78, 5) is 11.8. The lowest BCUT2D eigenvalue weighted by Gasteiger charge is -2.14. The number of ether oxygens (including phenoxy) is 1. The summed E-state index contributed by atoms with van der Waals surface area (Å²) in [6.07, 6.45) is 0. The van der Waals surface area contributed by atoms with Crippen LogP contribution in [0, 0.1) is 0 Å². The molecule has 1 unspecified atom stereocenters. The molecule has 0 aliphatic heterocycles. The van der Waals surface area contributed by atoms with Crippen molar-refractivity contribution in [1.82, 2.24) is 15.4 Å². The van der Waals surface area contributed by atoms with E-state index in [2.05, 4.69) is 15.4 Å². The standard InChI is InChI=1S/C12H21N3O4S2.ClH/c1-10(12(16)14-6-5-13-7-8-19-2)15-21(17,18)11-4-3-9-20-11;/h3-4,9-10,13,15H,5-8H2,1-2H3,(H,14,16);1H. The number of methoxy groups -OCH3 is 1. The van der Waals surface area contributed by atoms with E-state index in [1.807, 2.05) is 0 Å². The van der Waals surface area contributed by atoms with Crippen molar-refractivity contribution in [3.05, 3.63) is 17.5 Å². The summed E-state index contributed by atoms with van der Waals surface area (Å²) in [5, 5.41) is 7.41. The molecule has 0 saturated carbocycles. The van der Waals surface area contributed by atoms with E-state index in [-0.39, 0.29) is 22.5 Å². The Hall–Kier alpha value is -0.710. The molecule has 128 valence electrons. The first-order valence-corrected chi connectivity index (χ1v) is 8.87. The first-order valence-electron chi connectivity index (χ1n) is 6.50. The maximum Gasteiger partial charge on any atom is 0.250 e. The summed E-state index contributed by atoms with van der Waals surface area (Å²) >= 11 is 1.11. The van der Waals surface area contributed by atoms with Crippen LogP contribution in [0.15, 0.2) is 21.7 Å². The fourth-order valence-corrected chi connectivity index (χ4v) is 3.70. The smallest absolute Gasteiger partial charge is 0.250 e. The van der Waals surface area contributed by atoms with Gasteiger partial charge in [0.15, 0.2) is 0 Å².